The van der Waals surface area contributed by atoms with E-state index in [-0.39, 0.29) is 0 Å². The predicted molar refractivity (Wildman–Crippen MR) is 89.0 cm³/mol. The maximum atomic E-state index is 5.47. The number of hydrogen-bond donors (Lipinski definition) is 0. The van der Waals surface area contributed by atoms with Crippen molar-refractivity contribution in [1.29, 1.82) is 0 Å². The number of anilines is 1. The highest BCUT2D eigenvalue weighted by molar-refractivity contribution is 5.93. The highest BCUT2D eigenvalue weighted by Crippen LogP contribution is 2.29. The molecule has 3 nitrogen and oxygen atoms in total. The van der Waals surface area contributed by atoms with E-state index in [0.717, 1.165) is 26.3 Å². The Kier molecular flexibility index (Phi) is 3.49. The third-order valence-corrected chi connectivity index (χ3v) is 4.20. The van der Waals surface area contributed by atoms with Gasteiger partial charge in [0.15, 0.2) is 0 Å². The number of fused-ring (bicyclic) bond motifs is 1. The van der Waals surface area contributed by atoms with Gasteiger partial charge in [0.2, 0.25) is 0 Å². The minimum atomic E-state index is 0.793. The second kappa shape index (κ2) is 5.78. The first kappa shape index (κ1) is 13.3. The fourth-order valence-corrected chi connectivity index (χ4v) is 3.05. The number of ether oxygens (including phenoxy) is 1. The van der Waals surface area contributed by atoms with Crippen LogP contribution in [0.15, 0.2) is 60.7 Å². The third kappa shape index (κ3) is 2.44. The van der Waals surface area contributed by atoms with Gasteiger partial charge in [-0.05, 0) is 11.6 Å². The van der Waals surface area contributed by atoms with Crippen molar-refractivity contribution in [2.24, 2.45) is 0 Å². The van der Waals surface area contributed by atoms with Crippen LogP contribution < -0.4 is 9.88 Å². The molecule has 0 unspecified atom stereocenters. The molecule has 0 bridgehead atoms. The van der Waals surface area contributed by atoms with Crippen molar-refractivity contribution >= 4 is 16.7 Å². The monoisotopic (exact) mass is 291 g/mol. The van der Waals surface area contributed by atoms with Gasteiger partial charge in [-0.1, -0.05) is 48.5 Å². The molecule has 3 aromatic rings. The number of benzene rings is 2. The summed E-state index contributed by atoms with van der Waals surface area (Å²) < 4.78 is 5.47. The van der Waals surface area contributed by atoms with Gasteiger partial charge in [-0.25, -0.2) is 4.98 Å². The van der Waals surface area contributed by atoms with E-state index in [9.17, 15) is 0 Å². The smallest absolute Gasteiger partial charge is 0.275 e. The van der Waals surface area contributed by atoms with Crippen molar-refractivity contribution in [3.63, 3.8) is 0 Å². The molecule has 0 atom stereocenters. The van der Waals surface area contributed by atoms with Crippen LogP contribution in [0.5, 0.6) is 0 Å². The molecule has 110 valence electrons. The largest absolute Gasteiger partial charge is 0.373 e. The summed E-state index contributed by atoms with van der Waals surface area (Å²) >= 11 is 0. The molecule has 0 aliphatic carbocycles. The number of para-hydroxylation sites is 1. The predicted octanol–water partition coefficient (Wildman–Crippen LogP) is 3.16. The Morgan fingerprint density at radius 3 is 2.41 bits per heavy atom. The molecule has 1 fully saturated rings. The number of hydrogen-bond acceptors (Lipinski definition) is 2. The number of pyridine rings is 1. The molecule has 0 amide bonds. The van der Waals surface area contributed by atoms with E-state index in [4.69, 9.17) is 4.74 Å². The standard InChI is InChI=1S/C19H18N2O/c1-2-6-15(7-3-1)17-14-19(21-10-12-22-13-11-21)20-18-9-5-4-8-16(17)18/h1-9,14H,10-13H2/p+1. The number of nitrogens with zero attached hydrogens (tertiary/aromatic N) is 1. The molecule has 1 aromatic heterocycles. The molecule has 2 heterocycles. The average Bonchev–Trinajstić information content (AvgIpc) is 2.62. The number of rotatable bonds is 2. The first-order valence-corrected chi connectivity index (χ1v) is 7.75. The lowest BCUT2D eigenvalue weighted by Gasteiger charge is -2.22. The summed E-state index contributed by atoms with van der Waals surface area (Å²) in [7, 11) is 0. The van der Waals surface area contributed by atoms with E-state index in [1.54, 1.807) is 0 Å². The minimum Gasteiger partial charge on any atom is -0.373 e. The summed E-state index contributed by atoms with van der Waals surface area (Å²) in [5, 5.41) is 1.26. The average molecular weight is 291 g/mol. The molecule has 0 radical (unpaired) electrons. The molecule has 1 aliphatic heterocycles. The Hall–Kier alpha value is -2.39. The Morgan fingerprint density at radius 2 is 1.59 bits per heavy atom. The van der Waals surface area contributed by atoms with Crippen molar-refractivity contribution in [1.82, 2.24) is 0 Å². The molecular formula is C19H19N2O+. The first-order valence-electron chi connectivity index (χ1n) is 7.75. The Labute approximate surface area is 130 Å². The molecule has 2 aromatic carbocycles. The van der Waals surface area contributed by atoms with E-state index < -0.39 is 0 Å². The lowest BCUT2D eigenvalue weighted by Crippen LogP contribution is -2.39. The van der Waals surface area contributed by atoms with Gasteiger partial charge in [-0.3, -0.25) is 4.90 Å². The molecule has 1 N–H and O–H groups in total. The summed E-state index contributed by atoms with van der Waals surface area (Å²) in [5.41, 5.74) is 3.70. The SMILES string of the molecule is c1ccc(-c2cc(N3CCOCC3)[nH+]c3ccccc23)cc1. The van der Waals surface area contributed by atoms with Crippen molar-refractivity contribution in [2.45, 2.75) is 0 Å². The van der Waals surface area contributed by atoms with Crippen molar-refractivity contribution < 1.29 is 9.72 Å². The van der Waals surface area contributed by atoms with Crippen LogP contribution >= 0.6 is 0 Å². The van der Waals surface area contributed by atoms with Crippen molar-refractivity contribution in [3.8, 4) is 11.1 Å². The van der Waals surface area contributed by atoms with Gasteiger partial charge < -0.3 is 4.74 Å². The van der Waals surface area contributed by atoms with Gasteiger partial charge in [0, 0.05) is 17.0 Å². The molecule has 22 heavy (non-hydrogen) atoms. The molecular weight excluding hydrogens is 272 g/mol. The summed E-state index contributed by atoms with van der Waals surface area (Å²) in [6, 6.07) is 21.4. The second-order valence-electron chi connectivity index (χ2n) is 5.58. The molecule has 4 rings (SSSR count). The maximum Gasteiger partial charge on any atom is 0.275 e. The number of aromatic nitrogens is 1. The van der Waals surface area contributed by atoms with Crippen LogP contribution in [0.4, 0.5) is 5.82 Å². The normalized spacial score (nSPS) is 15.2. The fourth-order valence-electron chi connectivity index (χ4n) is 3.05. The molecule has 3 heteroatoms. The molecule has 1 aliphatic rings. The number of aromatic amines is 1. The topological polar surface area (TPSA) is 26.6 Å². The van der Waals surface area contributed by atoms with Crippen molar-refractivity contribution in [2.75, 3.05) is 31.2 Å². The summed E-state index contributed by atoms with van der Waals surface area (Å²) in [5.74, 6) is 1.17. The van der Waals surface area contributed by atoms with Crippen molar-refractivity contribution in [3.05, 3.63) is 60.7 Å². The minimum absolute atomic E-state index is 0.793. The van der Waals surface area contributed by atoms with Crippen LogP contribution in [-0.4, -0.2) is 26.3 Å². The number of nitrogens with one attached hydrogen (secondary N) is 1. The van der Waals surface area contributed by atoms with Gasteiger partial charge in [0.25, 0.3) is 5.82 Å². The van der Waals surface area contributed by atoms with E-state index >= 15 is 0 Å². The molecule has 0 spiro atoms. The van der Waals surface area contributed by atoms with Crippen LogP contribution in [-0.2, 0) is 4.74 Å². The van der Waals surface area contributed by atoms with Gasteiger partial charge in [-0.15, -0.1) is 0 Å². The number of H-pyrrole nitrogens is 1. The summed E-state index contributed by atoms with van der Waals surface area (Å²) in [4.78, 5) is 5.94. The lowest BCUT2D eigenvalue weighted by molar-refractivity contribution is -0.331. The van der Waals surface area contributed by atoms with Gasteiger partial charge in [0.1, 0.15) is 18.6 Å². The van der Waals surface area contributed by atoms with Gasteiger partial charge in [0.05, 0.1) is 13.2 Å². The van der Waals surface area contributed by atoms with E-state index in [1.807, 2.05) is 0 Å². The van der Waals surface area contributed by atoms with E-state index in [2.05, 4.69) is 70.5 Å². The Bertz CT molecular complexity index is 780. The van der Waals surface area contributed by atoms with Gasteiger partial charge in [-0.2, -0.15) is 0 Å². The zero-order chi connectivity index (χ0) is 14.8. The Morgan fingerprint density at radius 1 is 0.864 bits per heavy atom. The van der Waals surface area contributed by atoms with Crippen LogP contribution in [0.2, 0.25) is 0 Å². The number of morpholine rings is 1. The third-order valence-electron chi connectivity index (χ3n) is 4.20. The van der Waals surface area contributed by atoms with Crippen LogP contribution in [0.25, 0.3) is 22.0 Å². The molecule has 0 saturated carbocycles. The summed E-state index contributed by atoms with van der Waals surface area (Å²) in [6.45, 7) is 3.45. The zero-order valence-electron chi connectivity index (χ0n) is 12.5. The van der Waals surface area contributed by atoms with E-state index in [1.165, 1.54) is 27.8 Å². The second-order valence-corrected chi connectivity index (χ2v) is 5.58. The zero-order valence-corrected chi connectivity index (χ0v) is 12.5. The highest BCUT2D eigenvalue weighted by Gasteiger charge is 2.21. The molecule has 1 saturated heterocycles. The van der Waals surface area contributed by atoms with Gasteiger partial charge >= 0.3 is 0 Å². The quantitative estimate of drug-likeness (QED) is 0.725. The lowest BCUT2D eigenvalue weighted by atomic mass is 10.0. The Balaban J connectivity index is 1.89. The highest BCUT2D eigenvalue weighted by atomic mass is 16.5. The van der Waals surface area contributed by atoms with E-state index in [0.29, 0.717) is 0 Å². The maximum absolute atomic E-state index is 5.47. The van der Waals surface area contributed by atoms with Crippen LogP contribution in [0.1, 0.15) is 0 Å². The summed E-state index contributed by atoms with van der Waals surface area (Å²) in [6.07, 6.45) is 0. The van der Waals surface area contributed by atoms with Crippen LogP contribution in [0.3, 0.4) is 0 Å². The fraction of sp³-hybridized carbons (Fsp3) is 0.211. The first-order chi connectivity index (χ1) is 10.9. The van der Waals surface area contributed by atoms with Crippen LogP contribution in [0, 0.1) is 0 Å².